The van der Waals surface area contributed by atoms with Crippen LogP contribution in [-0.4, -0.2) is 34.0 Å². The number of nitrogens with zero attached hydrogens (tertiary/aromatic N) is 3. The molecule has 0 fully saturated rings. The minimum Gasteiger partial charge on any atom is -0.462 e. The summed E-state index contributed by atoms with van der Waals surface area (Å²) in [5, 5.41) is 7.18. The summed E-state index contributed by atoms with van der Waals surface area (Å²) in [6, 6.07) is 5.53. The molecule has 7 nitrogen and oxygen atoms in total. The average Bonchev–Trinajstić information content (AvgIpc) is 3.12. The summed E-state index contributed by atoms with van der Waals surface area (Å²) in [6.07, 6.45) is 4.04. The van der Waals surface area contributed by atoms with E-state index in [9.17, 15) is 13.6 Å². The predicted molar refractivity (Wildman–Crippen MR) is 98.0 cm³/mol. The third kappa shape index (κ3) is 4.13. The van der Waals surface area contributed by atoms with Crippen LogP contribution in [0.3, 0.4) is 0 Å². The summed E-state index contributed by atoms with van der Waals surface area (Å²) in [6.45, 7) is 1.06. The van der Waals surface area contributed by atoms with Crippen molar-refractivity contribution in [3.05, 3.63) is 47.4 Å². The number of unbranched alkanes of at least 4 members (excludes halogenated alkanes) is 2. The van der Waals surface area contributed by atoms with Crippen molar-refractivity contribution in [1.82, 2.24) is 14.8 Å². The maximum Gasteiger partial charge on any atom is 0.387 e. The van der Waals surface area contributed by atoms with Gasteiger partial charge in [0.25, 0.3) is 0 Å². The minimum atomic E-state index is -2.99. The lowest BCUT2D eigenvalue weighted by Gasteiger charge is -2.29. The highest BCUT2D eigenvalue weighted by atomic mass is 19.3. The molecule has 0 amide bonds. The lowest BCUT2D eigenvalue weighted by atomic mass is 9.95. The first-order valence-corrected chi connectivity index (χ1v) is 9.11. The number of carbonyl (C=O) groups excluding carboxylic acids is 1. The molecule has 1 aromatic carbocycles. The molecular formula is C19H22F2N4O3. The molecule has 0 aliphatic carbocycles. The van der Waals surface area contributed by atoms with Gasteiger partial charge in [-0.25, -0.2) is 9.48 Å². The van der Waals surface area contributed by atoms with Crippen molar-refractivity contribution in [3.63, 3.8) is 0 Å². The van der Waals surface area contributed by atoms with Crippen LogP contribution in [0.4, 0.5) is 14.7 Å². The number of carbonyl (C=O) groups is 1. The highest BCUT2D eigenvalue weighted by molar-refractivity contribution is 5.92. The zero-order valence-corrected chi connectivity index (χ0v) is 15.7. The Morgan fingerprint density at radius 1 is 1.32 bits per heavy atom. The second-order valence-corrected chi connectivity index (χ2v) is 6.35. The van der Waals surface area contributed by atoms with E-state index in [1.807, 2.05) is 0 Å². The van der Waals surface area contributed by atoms with Crippen molar-refractivity contribution < 1.29 is 23.0 Å². The smallest absolute Gasteiger partial charge is 0.387 e. The first-order chi connectivity index (χ1) is 13.5. The van der Waals surface area contributed by atoms with Gasteiger partial charge in [0.15, 0.2) is 0 Å². The Balaban J connectivity index is 2.00. The number of fused-ring (bicyclic) bond motifs is 1. The molecule has 3 rings (SSSR count). The average molecular weight is 392 g/mol. The zero-order chi connectivity index (χ0) is 20.1. The van der Waals surface area contributed by atoms with Crippen LogP contribution in [0.5, 0.6) is 5.75 Å². The number of anilines is 1. The van der Waals surface area contributed by atoms with Gasteiger partial charge in [0.2, 0.25) is 5.95 Å². The van der Waals surface area contributed by atoms with Gasteiger partial charge in [0.05, 0.1) is 12.2 Å². The normalized spacial score (nSPS) is 16.0. The second kappa shape index (κ2) is 8.81. The van der Waals surface area contributed by atoms with Crippen molar-refractivity contribution >= 4 is 11.9 Å². The van der Waals surface area contributed by atoms with Crippen LogP contribution >= 0.6 is 0 Å². The highest BCUT2D eigenvalue weighted by Gasteiger charge is 2.36. The van der Waals surface area contributed by atoms with Gasteiger partial charge in [-0.2, -0.15) is 18.9 Å². The highest BCUT2D eigenvalue weighted by Crippen LogP contribution is 2.39. The molecule has 9 heteroatoms. The monoisotopic (exact) mass is 392 g/mol. The van der Waals surface area contributed by atoms with E-state index >= 15 is 0 Å². The lowest BCUT2D eigenvalue weighted by molar-refractivity contribution is -0.139. The van der Waals surface area contributed by atoms with Crippen molar-refractivity contribution in [2.45, 2.75) is 45.8 Å². The maximum absolute atomic E-state index is 12.9. The molecule has 0 saturated carbocycles. The standard InChI is InChI=1S/C19H22F2N4O3/c1-3-4-7-10-27-17(26)15-12(2)24-19-22-11-23-25(19)16(15)13-8-5-6-9-14(13)28-18(20)21/h5-6,8-9,11,16,18H,3-4,7,10H2,1-2H3,(H,22,23,24)/t16-/m0/s1. The van der Waals surface area contributed by atoms with Crippen LogP contribution in [0.25, 0.3) is 0 Å². The number of hydrogen-bond acceptors (Lipinski definition) is 6. The van der Waals surface area contributed by atoms with E-state index in [0.29, 0.717) is 17.2 Å². The fourth-order valence-electron chi connectivity index (χ4n) is 3.15. The van der Waals surface area contributed by atoms with E-state index in [4.69, 9.17) is 4.74 Å². The predicted octanol–water partition coefficient (Wildman–Crippen LogP) is 3.90. The largest absolute Gasteiger partial charge is 0.462 e. The molecule has 1 aliphatic rings. The van der Waals surface area contributed by atoms with Gasteiger partial charge in [0.1, 0.15) is 18.1 Å². The van der Waals surface area contributed by atoms with Crippen LogP contribution in [0.1, 0.15) is 44.7 Å². The number of esters is 1. The summed E-state index contributed by atoms with van der Waals surface area (Å²) in [7, 11) is 0. The quantitative estimate of drug-likeness (QED) is 0.542. The molecule has 0 bridgehead atoms. The number of alkyl halides is 2. The number of halogens is 2. The van der Waals surface area contributed by atoms with Crippen LogP contribution in [0, 0.1) is 0 Å². The van der Waals surface area contributed by atoms with Crippen molar-refractivity contribution in [2.24, 2.45) is 0 Å². The Morgan fingerprint density at radius 2 is 2.11 bits per heavy atom. The Hall–Kier alpha value is -2.97. The SMILES string of the molecule is CCCCCOC(=O)C1=C(C)Nc2ncnn2[C@H]1c1ccccc1OC(F)F. The number of nitrogens with one attached hydrogen (secondary N) is 1. The van der Waals surface area contributed by atoms with E-state index in [0.717, 1.165) is 19.3 Å². The fourth-order valence-corrected chi connectivity index (χ4v) is 3.15. The van der Waals surface area contributed by atoms with Gasteiger partial charge in [-0.1, -0.05) is 38.0 Å². The van der Waals surface area contributed by atoms with Gasteiger partial charge in [-0.15, -0.1) is 0 Å². The fraction of sp³-hybridized carbons (Fsp3) is 0.421. The van der Waals surface area contributed by atoms with E-state index in [1.165, 1.54) is 17.1 Å². The summed E-state index contributed by atoms with van der Waals surface area (Å²) in [5.74, 6) is -0.161. The van der Waals surface area contributed by atoms with Gasteiger partial charge in [-0.05, 0) is 19.4 Å². The summed E-state index contributed by atoms with van der Waals surface area (Å²) < 4.78 is 37.4. The number of para-hydroxylation sites is 1. The summed E-state index contributed by atoms with van der Waals surface area (Å²) in [4.78, 5) is 17.0. The number of benzene rings is 1. The molecule has 1 N–H and O–H groups in total. The Labute approximate surface area is 161 Å². The molecule has 150 valence electrons. The van der Waals surface area contributed by atoms with E-state index in [1.54, 1.807) is 25.1 Å². The van der Waals surface area contributed by atoms with Crippen molar-refractivity contribution in [1.29, 1.82) is 0 Å². The zero-order valence-electron chi connectivity index (χ0n) is 15.7. The second-order valence-electron chi connectivity index (χ2n) is 6.35. The topological polar surface area (TPSA) is 78.3 Å². The van der Waals surface area contributed by atoms with Crippen LogP contribution < -0.4 is 10.1 Å². The van der Waals surface area contributed by atoms with Gasteiger partial charge >= 0.3 is 12.6 Å². The van der Waals surface area contributed by atoms with Crippen molar-refractivity contribution in [3.8, 4) is 5.75 Å². The molecule has 0 saturated heterocycles. The molecule has 1 aliphatic heterocycles. The lowest BCUT2D eigenvalue weighted by Crippen LogP contribution is -2.30. The van der Waals surface area contributed by atoms with Crippen LogP contribution in [0.2, 0.25) is 0 Å². The summed E-state index contributed by atoms with van der Waals surface area (Å²) >= 11 is 0. The van der Waals surface area contributed by atoms with Gasteiger partial charge in [-0.3, -0.25) is 0 Å². The molecular weight excluding hydrogens is 370 g/mol. The molecule has 28 heavy (non-hydrogen) atoms. The van der Waals surface area contributed by atoms with Gasteiger partial charge < -0.3 is 14.8 Å². The number of ether oxygens (including phenoxy) is 2. The minimum absolute atomic E-state index is 0.0325. The number of allylic oxidation sites excluding steroid dienone is 1. The van der Waals surface area contributed by atoms with Gasteiger partial charge in [0, 0.05) is 11.3 Å². The Bertz CT molecular complexity index is 866. The number of aromatic nitrogens is 3. The van der Waals surface area contributed by atoms with E-state index in [2.05, 4.69) is 27.1 Å². The maximum atomic E-state index is 12.9. The van der Waals surface area contributed by atoms with Crippen LogP contribution in [-0.2, 0) is 9.53 Å². The first-order valence-electron chi connectivity index (χ1n) is 9.11. The molecule has 2 heterocycles. The third-order valence-corrected chi connectivity index (χ3v) is 4.42. The first kappa shape index (κ1) is 19.8. The van der Waals surface area contributed by atoms with Crippen LogP contribution in [0.15, 0.2) is 41.9 Å². The molecule has 0 spiro atoms. The third-order valence-electron chi connectivity index (χ3n) is 4.42. The Morgan fingerprint density at radius 3 is 2.86 bits per heavy atom. The molecule has 1 atom stereocenters. The molecule has 1 aromatic heterocycles. The molecule has 0 unspecified atom stereocenters. The Kier molecular flexibility index (Phi) is 6.23. The number of hydrogen-bond donors (Lipinski definition) is 1. The molecule has 0 radical (unpaired) electrons. The molecule has 2 aromatic rings. The van der Waals surface area contributed by atoms with E-state index in [-0.39, 0.29) is 17.9 Å². The van der Waals surface area contributed by atoms with Crippen molar-refractivity contribution in [2.75, 3.05) is 11.9 Å². The number of rotatable bonds is 8. The van der Waals surface area contributed by atoms with E-state index < -0.39 is 18.6 Å². The summed E-state index contributed by atoms with van der Waals surface area (Å²) in [5.41, 5.74) is 1.17.